The first-order valence-electron chi connectivity index (χ1n) is 11.2. The van der Waals surface area contributed by atoms with Crippen LogP contribution >= 0.6 is 11.8 Å². The minimum Gasteiger partial charge on any atom is -0.294 e. The Kier molecular flexibility index (Phi) is 6.20. The van der Waals surface area contributed by atoms with Crippen molar-refractivity contribution < 1.29 is 22.4 Å². The van der Waals surface area contributed by atoms with Crippen molar-refractivity contribution in [3.05, 3.63) is 100 Å². The van der Waals surface area contributed by atoms with Crippen molar-refractivity contribution in [2.75, 3.05) is 6.26 Å². The van der Waals surface area contributed by atoms with Crippen LogP contribution in [0.3, 0.4) is 0 Å². The Morgan fingerprint density at radius 3 is 2.64 bits per heavy atom. The predicted molar refractivity (Wildman–Crippen MR) is 130 cm³/mol. The van der Waals surface area contributed by atoms with E-state index in [-0.39, 0.29) is 17.8 Å². The Morgan fingerprint density at radius 2 is 1.92 bits per heavy atom. The average molecular weight is 512 g/mol. The summed E-state index contributed by atoms with van der Waals surface area (Å²) in [4.78, 5) is 17.8. The lowest BCUT2D eigenvalue weighted by Crippen LogP contribution is -2.28. The number of hydrogen-bond acceptors (Lipinski definition) is 4. The van der Waals surface area contributed by atoms with E-state index in [1.54, 1.807) is 17.1 Å². The Hall–Kier alpha value is -3.46. The molecule has 0 radical (unpaired) electrons. The second kappa shape index (κ2) is 9.20. The van der Waals surface area contributed by atoms with E-state index in [9.17, 15) is 22.4 Å². The van der Waals surface area contributed by atoms with Crippen LogP contribution in [0.25, 0.3) is 10.8 Å². The number of benzene rings is 2. The number of aromatic nitrogens is 3. The van der Waals surface area contributed by atoms with Gasteiger partial charge >= 0.3 is 6.18 Å². The quantitative estimate of drug-likeness (QED) is 0.224. The standard InChI is InChI=1S/C27H21F4N3OS/c1-15-9-20-13-24(36-2)33-34(20)26(18-5-6-21(22(28)12-18)27(29,30)31)25(15)23(35)11-16-3-4-19-14-32-8-7-17(19)10-16/h3-8,10,12-14,26H,9,11H2,1-2H3. The molecule has 2 aromatic carbocycles. The van der Waals surface area contributed by atoms with Gasteiger partial charge in [-0.1, -0.05) is 29.8 Å². The van der Waals surface area contributed by atoms with Gasteiger partial charge in [-0.3, -0.25) is 14.5 Å². The maximum atomic E-state index is 14.6. The molecule has 0 N–H and O–H groups in total. The first kappa shape index (κ1) is 24.2. The van der Waals surface area contributed by atoms with Gasteiger partial charge in [0, 0.05) is 41.9 Å². The number of thioether (sulfide) groups is 1. The molecule has 4 nitrogen and oxygen atoms in total. The van der Waals surface area contributed by atoms with Gasteiger partial charge in [0.15, 0.2) is 5.78 Å². The number of fused-ring (bicyclic) bond motifs is 2. The molecule has 4 aromatic rings. The van der Waals surface area contributed by atoms with Gasteiger partial charge in [-0.15, -0.1) is 11.8 Å². The van der Waals surface area contributed by atoms with Gasteiger partial charge in [0.05, 0.1) is 5.56 Å². The lowest BCUT2D eigenvalue weighted by Gasteiger charge is -2.29. The first-order valence-corrected chi connectivity index (χ1v) is 12.4. The van der Waals surface area contributed by atoms with E-state index >= 15 is 0 Å². The number of hydrogen-bond donors (Lipinski definition) is 0. The molecule has 1 aliphatic heterocycles. The predicted octanol–water partition coefficient (Wildman–Crippen LogP) is 6.58. The summed E-state index contributed by atoms with van der Waals surface area (Å²) in [6.07, 6.45) is 1.04. The Bertz CT molecular complexity index is 1520. The Morgan fingerprint density at radius 1 is 1.11 bits per heavy atom. The third-order valence-electron chi connectivity index (χ3n) is 6.41. The van der Waals surface area contributed by atoms with Crippen molar-refractivity contribution >= 4 is 28.3 Å². The summed E-state index contributed by atoms with van der Waals surface area (Å²) in [6, 6.07) is 11.4. The lowest BCUT2D eigenvalue weighted by atomic mass is 9.85. The largest absolute Gasteiger partial charge is 0.419 e. The average Bonchev–Trinajstić information content (AvgIpc) is 3.24. The van der Waals surface area contributed by atoms with Gasteiger partial charge < -0.3 is 0 Å². The minimum absolute atomic E-state index is 0.0938. The molecule has 0 amide bonds. The molecule has 1 atom stereocenters. The van der Waals surface area contributed by atoms with Crippen LogP contribution in [0.1, 0.15) is 35.3 Å². The summed E-state index contributed by atoms with van der Waals surface area (Å²) in [5, 5.41) is 7.20. The molecule has 2 aromatic heterocycles. The van der Waals surface area contributed by atoms with Crippen LogP contribution in [-0.4, -0.2) is 26.8 Å². The molecule has 0 fully saturated rings. The van der Waals surface area contributed by atoms with E-state index in [1.807, 2.05) is 43.5 Å². The Labute approximate surface area is 209 Å². The van der Waals surface area contributed by atoms with Crippen molar-refractivity contribution in [2.24, 2.45) is 0 Å². The number of alkyl halides is 3. The zero-order valence-corrected chi connectivity index (χ0v) is 20.3. The smallest absolute Gasteiger partial charge is 0.294 e. The molecule has 1 aliphatic rings. The molecule has 0 aliphatic carbocycles. The second-order valence-electron chi connectivity index (χ2n) is 8.79. The monoisotopic (exact) mass is 511 g/mol. The maximum absolute atomic E-state index is 14.6. The van der Waals surface area contributed by atoms with Gasteiger partial charge in [0.25, 0.3) is 0 Å². The number of rotatable bonds is 5. The van der Waals surface area contributed by atoms with Crippen molar-refractivity contribution in [1.29, 1.82) is 0 Å². The van der Waals surface area contributed by atoms with E-state index in [1.165, 1.54) is 17.8 Å². The highest BCUT2D eigenvalue weighted by atomic mass is 32.2. The zero-order valence-electron chi connectivity index (χ0n) is 19.4. The number of ketones is 1. The molecule has 3 heterocycles. The number of pyridine rings is 1. The summed E-state index contributed by atoms with van der Waals surface area (Å²) < 4.78 is 55.9. The first-order chi connectivity index (χ1) is 17.2. The van der Waals surface area contributed by atoms with E-state index in [0.29, 0.717) is 17.0 Å². The number of carbonyl (C=O) groups is 1. The van der Waals surface area contributed by atoms with Crippen LogP contribution in [0.15, 0.2) is 77.1 Å². The normalized spacial score (nSPS) is 15.9. The molecule has 36 heavy (non-hydrogen) atoms. The van der Waals surface area contributed by atoms with E-state index in [4.69, 9.17) is 0 Å². The van der Waals surface area contributed by atoms with Crippen molar-refractivity contribution in [1.82, 2.24) is 14.8 Å². The molecular formula is C27H21F4N3OS. The fourth-order valence-electron chi connectivity index (χ4n) is 4.74. The maximum Gasteiger partial charge on any atom is 0.419 e. The van der Waals surface area contributed by atoms with Crippen LogP contribution in [0.2, 0.25) is 0 Å². The molecule has 0 saturated heterocycles. The van der Waals surface area contributed by atoms with E-state index < -0.39 is 23.6 Å². The highest BCUT2D eigenvalue weighted by Gasteiger charge is 2.37. The van der Waals surface area contributed by atoms with E-state index in [0.717, 1.165) is 39.7 Å². The van der Waals surface area contributed by atoms with Gasteiger partial charge in [0.2, 0.25) is 0 Å². The molecule has 5 rings (SSSR count). The fraction of sp³-hybridized carbons (Fsp3) is 0.222. The summed E-state index contributed by atoms with van der Waals surface area (Å²) in [7, 11) is 0. The molecule has 0 bridgehead atoms. The number of nitrogens with zero attached hydrogens (tertiary/aromatic N) is 3. The molecule has 0 spiro atoms. The topological polar surface area (TPSA) is 47.8 Å². The summed E-state index contributed by atoms with van der Waals surface area (Å²) in [6.45, 7) is 1.84. The minimum atomic E-state index is -4.81. The van der Waals surface area contributed by atoms with Crippen LogP contribution in [-0.2, 0) is 23.8 Å². The fourth-order valence-corrected chi connectivity index (χ4v) is 5.16. The van der Waals surface area contributed by atoms with Crippen molar-refractivity contribution in [2.45, 2.75) is 37.0 Å². The van der Waals surface area contributed by atoms with Crippen LogP contribution < -0.4 is 0 Å². The van der Waals surface area contributed by atoms with Crippen molar-refractivity contribution in [3.8, 4) is 0 Å². The molecule has 1 unspecified atom stereocenters. The van der Waals surface area contributed by atoms with Crippen LogP contribution in [0.5, 0.6) is 0 Å². The van der Waals surface area contributed by atoms with E-state index in [2.05, 4.69) is 10.1 Å². The summed E-state index contributed by atoms with van der Waals surface area (Å²) in [5.41, 5.74) is 1.73. The number of halogens is 4. The highest BCUT2D eigenvalue weighted by molar-refractivity contribution is 7.98. The second-order valence-corrected chi connectivity index (χ2v) is 9.62. The number of carbonyl (C=O) groups excluding carboxylic acids is 1. The molecule has 0 saturated carbocycles. The van der Waals surface area contributed by atoms with Gasteiger partial charge in [-0.25, -0.2) is 4.39 Å². The van der Waals surface area contributed by atoms with Gasteiger partial charge in [0.1, 0.15) is 16.9 Å². The van der Waals surface area contributed by atoms with Crippen molar-refractivity contribution in [3.63, 3.8) is 0 Å². The zero-order chi connectivity index (χ0) is 25.6. The van der Waals surface area contributed by atoms with Gasteiger partial charge in [-0.05, 0) is 54.0 Å². The lowest BCUT2D eigenvalue weighted by molar-refractivity contribution is -0.140. The SMILES string of the molecule is CSc1cc2n(n1)C(c1ccc(C(F)(F)F)c(F)c1)C(C(=O)Cc1ccc3cnccc3c1)=C(C)C2. The third kappa shape index (κ3) is 4.43. The van der Waals surface area contributed by atoms with Crippen LogP contribution in [0, 0.1) is 5.82 Å². The summed E-state index contributed by atoms with van der Waals surface area (Å²) in [5.74, 6) is -1.56. The molecule has 9 heteroatoms. The molecule has 184 valence electrons. The molecular weight excluding hydrogens is 490 g/mol. The highest BCUT2D eigenvalue weighted by Crippen LogP contribution is 2.39. The Balaban J connectivity index is 1.58. The van der Waals surface area contributed by atoms with Crippen LogP contribution in [0.4, 0.5) is 17.6 Å². The third-order valence-corrected chi connectivity index (χ3v) is 7.03. The van der Waals surface area contributed by atoms with Gasteiger partial charge in [-0.2, -0.15) is 18.3 Å². The number of allylic oxidation sites excluding steroid dienone is 2. The summed E-state index contributed by atoms with van der Waals surface area (Å²) >= 11 is 1.42. The number of Topliss-reactive ketones (excluding diaryl/α,β-unsaturated/α-hetero) is 1.